The van der Waals surface area contributed by atoms with Gasteiger partial charge in [0, 0.05) is 65.7 Å². The molecule has 2 atom stereocenters. The highest BCUT2D eigenvalue weighted by atomic mass is 35.5. The fraction of sp³-hybridized carbons (Fsp3) is 0.315. The summed E-state index contributed by atoms with van der Waals surface area (Å²) in [6.45, 7) is 2.99. The van der Waals surface area contributed by atoms with Gasteiger partial charge in [0.25, 0.3) is 11.8 Å². The van der Waals surface area contributed by atoms with Crippen LogP contribution in [-0.2, 0) is 4.79 Å². The number of nitriles is 2. The van der Waals surface area contributed by atoms with Crippen molar-refractivity contribution in [3.63, 3.8) is 0 Å². The summed E-state index contributed by atoms with van der Waals surface area (Å²) >= 11 is 27.8. The second-order valence-corrected chi connectivity index (χ2v) is 20.2. The summed E-state index contributed by atoms with van der Waals surface area (Å²) in [7, 11) is 7.84. The molecule has 1 N–H and O–H groups in total. The molecule has 6 aromatic carbocycles. The number of nitrogens with zero attached hydrogens (tertiary/aromatic N) is 5. The van der Waals surface area contributed by atoms with Gasteiger partial charge in [0.1, 0.15) is 18.4 Å². The largest absolute Gasteiger partial charge is 0.337 e. The van der Waals surface area contributed by atoms with Gasteiger partial charge in [0.05, 0.1) is 42.3 Å². The zero-order valence-electron chi connectivity index (χ0n) is 37.6. The first kappa shape index (κ1) is 56.8. The molecule has 0 aliphatic carbocycles. The van der Waals surface area contributed by atoms with Gasteiger partial charge in [-0.25, -0.2) is 0 Å². The van der Waals surface area contributed by atoms with Crippen molar-refractivity contribution in [3.05, 3.63) is 151 Å². The monoisotopic (exact) mass is 1040 g/mol. The number of benzene rings is 6. The van der Waals surface area contributed by atoms with Gasteiger partial charge in [0.15, 0.2) is 0 Å². The molecule has 0 radical (unpaired) electrons. The molecule has 9 nitrogen and oxygen atoms in total. The molecule has 0 unspecified atom stereocenters. The Morgan fingerprint density at radius 2 is 1.09 bits per heavy atom. The van der Waals surface area contributed by atoms with Crippen molar-refractivity contribution in [3.8, 4) is 12.1 Å². The first-order chi connectivity index (χ1) is 32.3. The number of hydrogen-bond acceptors (Lipinski definition) is 9. The lowest BCUT2D eigenvalue weighted by Gasteiger charge is -2.28. The molecular weight excluding hydrogens is 987 g/mol. The number of rotatable bonds is 11. The molecule has 0 bridgehead atoms. The lowest BCUT2D eigenvalue weighted by Crippen LogP contribution is -2.36. The highest BCUT2D eigenvalue weighted by Gasteiger charge is 2.31. The van der Waals surface area contributed by atoms with Crippen LogP contribution in [-0.4, -0.2) is 105 Å². The van der Waals surface area contributed by atoms with Gasteiger partial charge in [-0.15, -0.1) is 23.5 Å². The molecule has 15 heteroatoms. The average molecular weight is 1050 g/mol. The number of nitrogens with one attached hydrogen (secondary N) is 1. The highest BCUT2D eigenvalue weighted by molar-refractivity contribution is 7.99. The zero-order chi connectivity index (χ0) is 48.2. The molecule has 362 valence electrons. The minimum Gasteiger partial charge on any atom is -0.337 e. The van der Waals surface area contributed by atoms with E-state index in [1.165, 1.54) is 11.8 Å². The number of hydrogen-bond donors (Lipinski definition) is 1. The van der Waals surface area contributed by atoms with E-state index in [4.69, 9.17) is 46.4 Å². The van der Waals surface area contributed by atoms with Gasteiger partial charge in [-0.3, -0.25) is 9.59 Å². The van der Waals surface area contributed by atoms with Crippen LogP contribution in [0.15, 0.2) is 107 Å². The SMILES string of the molecule is C.C.CN(C)CC[C@H](CN1CCSc2c(C#N)cc3ccccc3c2C1=O)c1ccc(Cl)c(Cl)c1.CNC.N#Cc1cc2ccccc2c2c1SCCN(C[C@@H](CC=O)c1ccc(Cl)c(Cl)c1)C2=O. The Morgan fingerprint density at radius 3 is 1.49 bits per heavy atom. The van der Waals surface area contributed by atoms with E-state index in [9.17, 15) is 24.9 Å². The average Bonchev–Trinajstić information content (AvgIpc) is 3.59. The summed E-state index contributed by atoms with van der Waals surface area (Å²) in [6.07, 6.45) is 2.01. The summed E-state index contributed by atoms with van der Waals surface area (Å²) in [5.41, 5.74) is 4.23. The fourth-order valence-corrected chi connectivity index (χ4v) is 11.1. The second-order valence-electron chi connectivity index (χ2n) is 16.4. The topological polar surface area (TPSA) is 121 Å². The van der Waals surface area contributed by atoms with E-state index in [1.54, 1.807) is 28.8 Å². The molecule has 0 saturated heterocycles. The minimum absolute atomic E-state index is 0. The fourth-order valence-electron chi connectivity index (χ4n) is 8.21. The van der Waals surface area contributed by atoms with E-state index in [0.717, 1.165) is 67.5 Å². The molecule has 8 rings (SSSR count). The van der Waals surface area contributed by atoms with Crippen LogP contribution in [0.3, 0.4) is 0 Å². The second kappa shape index (κ2) is 27.0. The predicted octanol–water partition coefficient (Wildman–Crippen LogP) is 13.3. The number of halogens is 4. The van der Waals surface area contributed by atoms with Crippen molar-refractivity contribution in [2.24, 2.45) is 0 Å². The maximum atomic E-state index is 13.9. The third kappa shape index (κ3) is 13.8. The molecule has 2 heterocycles. The normalized spacial score (nSPS) is 13.9. The molecule has 2 amide bonds. The molecule has 0 saturated carbocycles. The molecule has 0 aromatic heterocycles. The number of aldehydes is 1. The van der Waals surface area contributed by atoms with Gasteiger partial charge in [-0.2, -0.15) is 10.5 Å². The van der Waals surface area contributed by atoms with E-state index in [-0.39, 0.29) is 44.9 Å². The first-order valence-corrected chi connectivity index (χ1v) is 25.1. The highest BCUT2D eigenvalue weighted by Crippen LogP contribution is 2.39. The lowest BCUT2D eigenvalue weighted by atomic mass is 9.94. The molecule has 2 aliphatic rings. The van der Waals surface area contributed by atoms with Gasteiger partial charge in [0.2, 0.25) is 0 Å². The van der Waals surface area contributed by atoms with E-state index < -0.39 is 0 Å². The maximum Gasteiger partial charge on any atom is 0.255 e. The Kier molecular flexibility index (Phi) is 22.2. The Hall–Kier alpha value is -4.79. The third-order valence-electron chi connectivity index (χ3n) is 11.5. The van der Waals surface area contributed by atoms with E-state index >= 15 is 0 Å². The van der Waals surface area contributed by atoms with Crippen molar-refractivity contribution >= 4 is 110 Å². The maximum absolute atomic E-state index is 13.9. The van der Waals surface area contributed by atoms with Crippen LogP contribution in [0.1, 0.15) is 82.5 Å². The zero-order valence-corrected chi connectivity index (χ0v) is 42.3. The van der Waals surface area contributed by atoms with Crippen LogP contribution in [0.2, 0.25) is 20.1 Å². The number of amides is 2. The van der Waals surface area contributed by atoms with Crippen LogP contribution in [0.4, 0.5) is 0 Å². The van der Waals surface area contributed by atoms with Gasteiger partial charge in [-0.1, -0.05) is 122 Å². The lowest BCUT2D eigenvalue weighted by molar-refractivity contribution is -0.108. The quantitative estimate of drug-likeness (QED) is 0.126. The van der Waals surface area contributed by atoms with Crippen LogP contribution >= 0.6 is 69.9 Å². The molecule has 0 spiro atoms. The van der Waals surface area contributed by atoms with E-state index in [2.05, 4.69) is 22.4 Å². The van der Waals surface area contributed by atoms with Crippen LogP contribution < -0.4 is 5.32 Å². The van der Waals surface area contributed by atoms with Crippen molar-refractivity contribution < 1.29 is 14.4 Å². The predicted molar refractivity (Wildman–Crippen MR) is 291 cm³/mol. The van der Waals surface area contributed by atoms with E-state index in [1.807, 2.05) is 118 Å². The van der Waals surface area contributed by atoms with Crippen molar-refractivity contribution in [1.82, 2.24) is 20.0 Å². The summed E-state index contributed by atoms with van der Waals surface area (Å²) in [4.78, 5) is 46.3. The Labute approximate surface area is 436 Å². The number of carbonyl (C=O) groups excluding carboxylic acids is 3. The Morgan fingerprint density at radius 1 is 0.667 bits per heavy atom. The van der Waals surface area contributed by atoms with Crippen molar-refractivity contribution in [1.29, 1.82) is 10.5 Å². The summed E-state index contributed by atoms with van der Waals surface area (Å²) < 4.78 is 0. The van der Waals surface area contributed by atoms with Gasteiger partial charge >= 0.3 is 0 Å². The van der Waals surface area contributed by atoms with Crippen LogP contribution in [0, 0.1) is 22.7 Å². The summed E-state index contributed by atoms with van der Waals surface area (Å²) in [6, 6.07) is 34.7. The molecular formula is C54H58Cl4N6O3S2. The number of fused-ring (bicyclic) bond motifs is 6. The van der Waals surface area contributed by atoms with Crippen LogP contribution in [0.25, 0.3) is 21.5 Å². The summed E-state index contributed by atoms with van der Waals surface area (Å²) in [5.74, 6) is 1.19. The minimum atomic E-state index is -0.201. The van der Waals surface area contributed by atoms with Crippen molar-refractivity contribution in [2.75, 3.05) is 72.4 Å². The standard InChI is InChI=1S/C26H25Cl2N3OS.C24H18Cl2N2O2S.C2H7N.2CH4/c1-30(2)10-9-19(17-7-8-22(27)23(28)14-17)16-31-11-12-33-25-20(15-29)13-18-5-3-4-6-21(18)24(25)26(31)32;25-20-6-5-15(12-21(20)26)17(7-9-29)14-28-8-10-31-23-18(13-27)11-16-3-1-2-4-19(16)22(23)24(28)30;1-3-2;;/h3-8,13-14,19H,9-12,16H2,1-2H3;1-6,9,11-12,17H,7-8,10,14H2;3H,1-2H3;2*1H4/t19-;17-;;;/m11.../s1. The van der Waals surface area contributed by atoms with Crippen molar-refractivity contribution in [2.45, 2.75) is 49.3 Å². The van der Waals surface area contributed by atoms with E-state index in [0.29, 0.717) is 74.3 Å². The number of carbonyl (C=O) groups is 3. The molecule has 0 fully saturated rings. The molecule has 69 heavy (non-hydrogen) atoms. The smallest absolute Gasteiger partial charge is 0.255 e. The van der Waals surface area contributed by atoms with Gasteiger partial charge < -0.3 is 24.8 Å². The Balaban J connectivity index is 0.000000277. The summed E-state index contributed by atoms with van der Waals surface area (Å²) in [5, 5.41) is 27.6. The Bertz CT molecular complexity index is 2870. The van der Waals surface area contributed by atoms with Gasteiger partial charge in [-0.05, 0) is 110 Å². The third-order valence-corrected chi connectivity index (χ3v) is 15.2. The van der Waals surface area contributed by atoms with Crippen LogP contribution in [0.5, 0.6) is 0 Å². The molecule has 6 aromatic rings. The first-order valence-electron chi connectivity index (χ1n) is 21.7. The molecule has 2 aliphatic heterocycles. The number of thioether (sulfide) groups is 2.